The molecule has 2 aliphatic heterocycles. The van der Waals surface area contributed by atoms with Crippen molar-refractivity contribution in [3.63, 3.8) is 0 Å². The van der Waals surface area contributed by atoms with Crippen molar-refractivity contribution in [2.24, 2.45) is 0 Å². The van der Waals surface area contributed by atoms with Gasteiger partial charge in [0.2, 0.25) is 6.36 Å². The number of hydrogen-bond donors (Lipinski definition) is 6. The summed E-state index contributed by atoms with van der Waals surface area (Å²) in [6.07, 6.45) is -16.0. The minimum absolute atomic E-state index is 0.118. The quantitative estimate of drug-likeness (QED) is 0.288. The van der Waals surface area contributed by atoms with Crippen molar-refractivity contribution in [1.82, 2.24) is 0 Å². The molecule has 2 saturated heterocycles. The summed E-state index contributed by atoms with van der Waals surface area (Å²) in [5.74, 6) is 0. The molecule has 2 rings (SSSR count). The van der Waals surface area contributed by atoms with Gasteiger partial charge in [0.15, 0.2) is 6.29 Å². The fourth-order valence-electron chi connectivity index (χ4n) is 2.70. The maximum absolute atomic E-state index is 13.4. The first kappa shape index (κ1) is 19.8. The first-order chi connectivity index (χ1) is 11.3. The number of halogens is 1. The van der Waals surface area contributed by atoms with Gasteiger partial charge in [0.1, 0.15) is 48.8 Å². The van der Waals surface area contributed by atoms with E-state index in [-0.39, 0.29) is 6.61 Å². The molecular weight excluding hydrogens is 335 g/mol. The molecular formula is C13H23FO10. The largest absolute Gasteiger partial charge is 0.394 e. The number of aliphatic hydroxyl groups is 6. The fraction of sp³-hybridized carbons (Fsp3) is 1.00. The Balaban J connectivity index is 2.11. The summed E-state index contributed by atoms with van der Waals surface area (Å²) in [5, 5.41) is 58.3. The van der Waals surface area contributed by atoms with Crippen LogP contribution in [0.1, 0.15) is 0 Å². The number of aliphatic hydroxyl groups excluding tert-OH is 6. The predicted octanol–water partition coefficient (Wildman–Crippen LogP) is -3.77. The Labute approximate surface area is 136 Å². The summed E-state index contributed by atoms with van der Waals surface area (Å²) in [7, 11) is 1.33. The molecule has 11 heteroatoms. The zero-order valence-electron chi connectivity index (χ0n) is 12.9. The van der Waals surface area contributed by atoms with Crippen LogP contribution >= 0.6 is 0 Å². The highest BCUT2D eigenvalue weighted by Gasteiger charge is 2.50. The molecule has 0 saturated carbocycles. The molecule has 0 amide bonds. The van der Waals surface area contributed by atoms with E-state index in [1.165, 1.54) is 7.11 Å². The van der Waals surface area contributed by atoms with Crippen molar-refractivity contribution < 1.29 is 54.0 Å². The minimum atomic E-state index is -2.22. The molecule has 4 unspecified atom stereocenters. The van der Waals surface area contributed by atoms with Gasteiger partial charge in [-0.1, -0.05) is 0 Å². The van der Waals surface area contributed by atoms with Crippen molar-refractivity contribution in [3.8, 4) is 0 Å². The number of methoxy groups -OCH3 is 1. The smallest absolute Gasteiger partial charge is 0.228 e. The average molecular weight is 358 g/mol. The molecule has 24 heavy (non-hydrogen) atoms. The summed E-state index contributed by atoms with van der Waals surface area (Å²) < 4.78 is 33.5. The molecule has 0 aromatic rings. The van der Waals surface area contributed by atoms with Gasteiger partial charge in [-0.05, 0) is 0 Å². The monoisotopic (exact) mass is 358 g/mol. The SMILES string of the molecule is COCC1O[C@H](O[C@@H]2C(CO)O[C@H](F)C(O)[C@H]2O)C(O)[C@@H](O)[C@@H]1O. The molecule has 0 aromatic heterocycles. The number of ether oxygens (including phenoxy) is 4. The van der Waals surface area contributed by atoms with E-state index in [1.54, 1.807) is 0 Å². The van der Waals surface area contributed by atoms with E-state index >= 15 is 0 Å². The van der Waals surface area contributed by atoms with Gasteiger partial charge in [0.25, 0.3) is 0 Å². The van der Waals surface area contributed by atoms with Crippen LogP contribution < -0.4 is 0 Å². The van der Waals surface area contributed by atoms with E-state index in [4.69, 9.17) is 18.9 Å². The molecule has 2 heterocycles. The lowest BCUT2D eigenvalue weighted by atomic mass is 9.97. The zero-order valence-corrected chi connectivity index (χ0v) is 12.9. The third kappa shape index (κ3) is 3.85. The van der Waals surface area contributed by atoms with Crippen molar-refractivity contribution in [2.75, 3.05) is 20.3 Å². The van der Waals surface area contributed by atoms with Crippen molar-refractivity contribution in [3.05, 3.63) is 0 Å². The van der Waals surface area contributed by atoms with Gasteiger partial charge >= 0.3 is 0 Å². The summed E-state index contributed by atoms with van der Waals surface area (Å²) in [6.45, 7) is -0.850. The molecule has 0 aliphatic carbocycles. The Hall–Kier alpha value is -0.470. The Bertz CT molecular complexity index is 399. The van der Waals surface area contributed by atoms with Gasteiger partial charge in [-0.2, -0.15) is 0 Å². The molecule has 10 atom stereocenters. The second kappa shape index (κ2) is 8.27. The first-order valence-electron chi connectivity index (χ1n) is 7.42. The van der Waals surface area contributed by atoms with Gasteiger partial charge in [-0.3, -0.25) is 0 Å². The van der Waals surface area contributed by atoms with Gasteiger partial charge in [-0.25, -0.2) is 4.39 Å². The highest BCUT2D eigenvalue weighted by molar-refractivity contribution is 4.93. The van der Waals surface area contributed by atoms with Gasteiger partial charge in [0.05, 0.1) is 13.2 Å². The maximum Gasteiger partial charge on any atom is 0.228 e. The standard InChI is InChI=1S/C13H23FO10/c1-21-3-5-6(16)7(17)10(20)13(23-5)24-11-4(2-15)22-12(14)9(19)8(11)18/h4-13,15-20H,2-3H2,1H3/t4?,5?,6-,7+,8-,9?,10?,11-,12+,13-/m1/s1. The number of alkyl halides is 1. The van der Waals surface area contributed by atoms with Crippen LogP contribution in [0.2, 0.25) is 0 Å². The van der Waals surface area contributed by atoms with Crippen molar-refractivity contribution in [1.29, 1.82) is 0 Å². The Kier molecular flexibility index (Phi) is 6.84. The van der Waals surface area contributed by atoms with Gasteiger partial charge < -0.3 is 49.6 Å². The van der Waals surface area contributed by atoms with E-state index in [9.17, 15) is 35.0 Å². The number of hydrogen-bond acceptors (Lipinski definition) is 10. The Morgan fingerprint density at radius 1 is 0.875 bits per heavy atom. The molecule has 2 fully saturated rings. The minimum Gasteiger partial charge on any atom is -0.394 e. The van der Waals surface area contributed by atoms with E-state index < -0.39 is 68.1 Å². The van der Waals surface area contributed by atoms with Crippen molar-refractivity contribution >= 4 is 0 Å². The summed E-state index contributed by atoms with van der Waals surface area (Å²) in [6, 6.07) is 0. The molecule has 0 radical (unpaired) electrons. The molecule has 0 spiro atoms. The van der Waals surface area contributed by atoms with Crippen molar-refractivity contribution in [2.45, 2.75) is 61.5 Å². The van der Waals surface area contributed by atoms with E-state index in [0.717, 1.165) is 0 Å². The maximum atomic E-state index is 13.4. The van der Waals surface area contributed by atoms with Crippen LogP contribution in [0, 0.1) is 0 Å². The van der Waals surface area contributed by atoms with Crippen LogP contribution in [-0.4, -0.2) is 112 Å². The lowest BCUT2D eigenvalue weighted by Gasteiger charge is -2.45. The van der Waals surface area contributed by atoms with Crippen LogP contribution in [0.4, 0.5) is 4.39 Å². The zero-order chi connectivity index (χ0) is 18.0. The van der Waals surface area contributed by atoms with E-state index in [1.807, 2.05) is 0 Å². The van der Waals surface area contributed by atoms with E-state index in [2.05, 4.69) is 0 Å². The normalized spacial score (nSPS) is 50.0. The molecule has 2 aliphatic rings. The second-order valence-electron chi connectivity index (χ2n) is 5.76. The number of rotatable bonds is 5. The van der Waals surface area contributed by atoms with Crippen LogP contribution in [0.5, 0.6) is 0 Å². The summed E-state index contributed by atoms with van der Waals surface area (Å²) in [5.41, 5.74) is 0. The van der Waals surface area contributed by atoms with Gasteiger partial charge in [-0.15, -0.1) is 0 Å². The topological polar surface area (TPSA) is 158 Å². The van der Waals surface area contributed by atoms with E-state index in [0.29, 0.717) is 0 Å². The molecule has 10 nitrogen and oxygen atoms in total. The van der Waals surface area contributed by atoms with Crippen LogP contribution in [-0.2, 0) is 18.9 Å². The third-order valence-corrected chi connectivity index (χ3v) is 4.10. The molecule has 6 N–H and O–H groups in total. The van der Waals surface area contributed by atoms with Crippen LogP contribution in [0.25, 0.3) is 0 Å². The third-order valence-electron chi connectivity index (χ3n) is 4.10. The Morgan fingerprint density at radius 2 is 1.54 bits per heavy atom. The highest BCUT2D eigenvalue weighted by Crippen LogP contribution is 2.29. The predicted molar refractivity (Wildman–Crippen MR) is 72.3 cm³/mol. The highest BCUT2D eigenvalue weighted by atomic mass is 19.1. The average Bonchev–Trinajstić information content (AvgIpc) is 2.57. The van der Waals surface area contributed by atoms with Crippen LogP contribution in [0.15, 0.2) is 0 Å². The molecule has 142 valence electrons. The fourth-order valence-corrected chi connectivity index (χ4v) is 2.70. The van der Waals surface area contributed by atoms with Crippen LogP contribution in [0.3, 0.4) is 0 Å². The summed E-state index contributed by atoms with van der Waals surface area (Å²) in [4.78, 5) is 0. The molecule has 0 aromatic carbocycles. The first-order valence-corrected chi connectivity index (χ1v) is 7.42. The molecule has 0 bridgehead atoms. The summed E-state index contributed by atoms with van der Waals surface area (Å²) >= 11 is 0. The second-order valence-corrected chi connectivity index (χ2v) is 5.76. The lowest BCUT2D eigenvalue weighted by Crippen LogP contribution is -2.64. The lowest BCUT2D eigenvalue weighted by molar-refractivity contribution is -0.349. The van der Waals surface area contributed by atoms with Gasteiger partial charge in [0, 0.05) is 7.11 Å². The Morgan fingerprint density at radius 3 is 2.12 bits per heavy atom.